The molecule has 1 aliphatic heterocycles. The van der Waals surface area contributed by atoms with E-state index < -0.39 is 0 Å². The lowest BCUT2D eigenvalue weighted by molar-refractivity contribution is 0.533. The predicted octanol–water partition coefficient (Wildman–Crippen LogP) is 2.60. The minimum Gasteiger partial charge on any atom is -0.352 e. The molecule has 17 heavy (non-hydrogen) atoms. The summed E-state index contributed by atoms with van der Waals surface area (Å²) in [7, 11) is 1.99. The first-order valence-electron chi connectivity index (χ1n) is 5.10. The Kier molecular flexibility index (Phi) is 5.64. The Morgan fingerprint density at radius 3 is 2.88 bits per heavy atom. The van der Waals surface area contributed by atoms with Gasteiger partial charge in [-0.25, -0.2) is 4.39 Å². The van der Waals surface area contributed by atoms with E-state index in [2.05, 4.69) is 31.1 Å². The van der Waals surface area contributed by atoms with Crippen LogP contribution < -0.4 is 5.32 Å². The van der Waals surface area contributed by atoms with Gasteiger partial charge in [0.1, 0.15) is 5.82 Å². The molecule has 0 aromatic heterocycles. The molecule has 3 nitrogen and oxygen atoms in total. The van der Waals surface area contributed by atoms with Gasteiger partial charge in [0.15, 0.2) is 5.96 Å². The summed E-state index contributed by atoms with van der Waals surface area (Å²) >= 11 is 3.13. The van der Waals surface area contributed by atoms with Crippen molar-refractivity contribution in [3.63, 3.8) is 0 Å². The smallest absolute Gasteiger partial charge is 0.194 e. The van der Waals surface area contributed by atoms with Crippen LogP contribution in [0.2, 0.25) is 0 Å². The third-order valence-corrected chi connectivity index (χ3v) is 3.14. The summed E-state index contributed by atoms with van der Waals surface area (Å²) < 4.78 is 13.7. The third-order valence-electron chi connectivity index (χ3n) is 2.49. The van der Waals surface area contributed by atoms with Crippen LogP contribution in [0.15, 0.2) is 27.7 Å². The molecule has 94 valence electrons. The van der Waals surface area contributed by atoms with E-state index in [0.717, 1.165) is 24.6 Å². The predicted molar refractivity (Wildman–Crippen MR) is 81.3 cm³/mol. The third kappa shape index (κ3) is 3.80. The molecule has 2 rings (SSSR count). The van der Waals surface area contributed by atoms with Crippen molar-refractivity contribution in [3.8, 4) is 0 Å². The molecule has 0 aliphatic carbocycles. The second-order valence-electron chi connectivity index (χ2n) is 3.73. The largest absolute Gasteiger partial charge is 0.352 e. The Bertz CT molecular complexity index is 425. The molecule has 1 aromatic carbocycles. The van der Waals surface area contributed by atoms with Crippen molar-refractivity contribution in [2.24, 2.45) is 4.99 Å². The number of guanidine groups is 1. The molecule has 0 fully saturated rings. The van der Waals surface area contributed by atoms with Gasteiger partial charge in [0.2, 0.25) is 0 Å². The standard InChI is InChI=1S/C11H13BrFN3.HI/c1-16-5-4-14-11(16)15-7-8-2-3-9(12)10(13)6-8;/h2-3,6H,4-5,7H2,1H3,(H,14,15);1H. The quantitative estimate of drug-likeness (QED) is 0.754. The number of hydrogen-bond donors (Lipinski definition) is 1. The Balaban J connectivity index is 0.00000144. The van der Waals surface area contributed by atoms with E-state index in [4.69, 9.17) is 0 Å². The van der Waals surface area contributed by atoms with Gasteiger partial charge < -0.3 is 10.2 Å². The fourth-order valence-electron chi connectivity index (χ4n) is 1.55. The maximum absolute atomic E-state index is 13.2. The van der Waals surface area contributed by atoms with Crippen LogP contribution in [0, 0.1) is 5.82 Å². The van der Waals surface area contributed by atoms with Gasteiger partial charge in [-0.15, -0.1) is 24.0 Å². The summed E-state index contributed by atoms with van der Waals surface area (Å²) in [5.74, 6) is 0.643. The molecule has 0 atom stereocenters. The first kappa shape index (κ1) is 14.7. The van der Waals surface area contributed by atoms with Gasteiger partial charge in [-0.2, -0.15) is 0 Å². The van der Waals surface area contributed by atoms with Crippen molar-refractivity contribution < 1.29 is 4.39 Å². The zero-order chi connectivity index (χ0) is 11.5. The minimum absolute atomic E-state index is 0. The molecular weight excluding hydrogens is 400 g/mol. The van der Waals surface area contributed by atoms with Gasteiger partial charge in [0.05, 0.1) is 11.0 Å². The monoisotopic (exact) mass is 413 g/mol. The number of aliphatic imine (C=N–C) groups is 1. The van der Waals surface area contributed by atoms with E-state index in [-0.39, 0.29) is 29.8 Å². The minimum atomic E-state index is -0.235. The molecule has 0 spiro atoms. The lowest BCUT2D eigenvalue weighted by Gasteiger charge is -2.15. The van der Waals surface area contributed by atoms with Gasteiger partial charge in [0, 0.05) is 20.1 Å². The van der Waals surface area contributed by atoms with Crippen LogP contribution >= 0.6 is 39.9 Å². The SMILES string of the molecule is CN1CCN=C1NCc1ccc(Br)c(F)c1.I. The Morgan fingerprint density at radius 1 is 1.53 bits per heavy atom. The van der Waals surface area contributed by atoms with E-state index in [9.17, 15) is 4.39 Å². The average Bonchev–Trinajstić information content (AvgIpc) is 2.66. The molecule has 0 radical (unpaired) electrons. The van der Waals surface area contributed by atoms with Crippen LogP contribution in [0.5, 0.6) is 0 Å². The van der Waals surface area contributed by atoms with Gasteiger partial charge in [-0.1, -0.05) is 6.07 Å². The highest BCUT2D eigenvalue weighted by Gasteiger charge is 2.11. The fraction of sp³-hybridized carbons (Fsp3) is 0.364. The van der Waals surface area contributed by atoms with Crippen molar-refractivity contribution in [2.75, 3.05) is 20.1 Å². The average molecular weight is 414 g/mol. The molecule has 0 saturated heterocycles. The van der Waals surface area contributed by atoms with Crippen LogP contribution in [0.4, 0.5) is 4.39 Å². The normalized spacial score (nSPS) is 14.3. The number of nitrogens with one attached hydrogen (secondary N) is 1. The molecule has 0 amide bonds. The Morgan fingerprint density at radius 2 is 2.29 bits per heavy atom. The number of likely N-dealkylation sites (N-methyl/N-ethyl adjacent to an activating group) is 1. The summed E-state index contributed by atoms with van der Waals surface area (Å²) in [5, 5.41) is 3.19. The topological polar surface area (TPSA) is 27.6 Å². The second kappa shape index (κ2) is 6.53. The van der Waals surface area contributed by atoms with E-state index in [0.29, 0.717) is 11.0 Å². The molecular formula is C11H14BrFIN3. The van der Waals surface area contributed by atoms with E-state index >= 15 is 0 Å². The number of nitrogens with zero attached hydrogens (tertiary/aromatic N) is 2. The van der Waals surface area contributed by atoms with E-state index in [1.165, 1.54) is 6.07 Å². The van der Waals surface area contributed by atoms with Crippen molar-refractivity contribution in [2.45, 2.75) is 6.54 Å². The maximum atomic E-state index is 13.2. The zero-order valence-electron chi connectivity index (χ0n) is 9.41. The summed E-state index contributed by atoms with van der Waals surface area (Å²) in [6.07, 6.45) is 0. The second-order valence-corrected chi connectivity index (χ2v) is 4.58. The van der Waals surface area contributed by atoms with Crippen LogP contribution in [0.1, 0.15) is 5.56 Å². The van der Waals surface area contributed by atoms with Crippen molar-refractivity contribution in [1.82, 2.24) is 10.2 Å². The van der Waals surface area contributed by atoms with Gasteiger partial charge in [-0.3, -0.25) is 4.99 Å². The van der Waals surface area contributed by atoms with Crippen molar-refractivity contribution >= 4 is 45.9 Å². The molecule has 0 bridgehead atoms. The maximum Gasteiger partial charge on any atom is 0.194 e. The molecule has 6 heteroatoms. The Hall–Kier alpha value is -0.370. The van der Waals surface area contributed by atoms with Crippen LogP contribution in [0.25, 0.3) is 0 Å². The summed E-state index contributed by atoms with van der Waals surface area (Å²) in [6, 6.07) is 5.12. The number of rotatable bonds is 2. The molecule has 1 aliphatic rings. The molecule has 0 saturated carbocycles. The van der Waals surface area contributed by atoms with Crippen LogP contribution in [-0.4, -0.2) is 31.0 Å². The highest BCUT2D eigenvalue weighted by Crippen LogP contribution is 2.16. The summed E-state index contributed by atoms with van der Waals surface area (Å²) in [6.45, 7) is 2.36. The van der Waals surface area contributed by atoms with E-state index in [1.54, 1.807) is 6.07 Å². The first-order valence-corrected chi connectivity index (χ1v) is 5.89. The molecule has 1 N–H and O–H groups in total. The van der Waals surface area contributed by atoms with Crippen molar-refractivity contribution in [1.29, 1.82) is 0 Å². The molecule has 1 aromatic rings. The lowest BCUT2D eigenvalue weighted by atomic mass is 10.2. The number of benzene rings is 1. The molecule has 0 unspecified atom stereocenters. The summed E-state index contributed by atoms with van der Waals surface area (Å²) in [5.41, 5.74) is 0.906. The zero-order valence-corrected chi connectivity index (χ0v) is 13.3. The summed E-state index contributed by atoms with van der Waals surface area (Å²) in [4.78, 5) is 6.35. The van der Waals surface area contributed by atoms with E-state index in [1.807, 2.05) is 13.1 Å². The van der Waals surface area contributed by atoms with Gasteiger partial charge in [0.25, 0.3) is 0 Å². The highest BCUT2D eigenvalue weighted by atomic mass is 127. The fourth-order valence-corrected chi connectivity index (χ4v) is 1.80. The van der Waals surface area contributed by atoms with Gasteiger partial charge in [-0.05, 0) is 33.6 Å². The lowest BCUT2D eigenvalue weighted by Crippen LogP contribution is -2.35. The number of halogens is 3. The van der Waals surface area contributed by atoms with Crippen molar-refractivity contribution in [3.05, 3.63) is 34.1 Å². The van der Waals surface area contributed by atoms with Crippen LogP contribution in [-0.2, 0) is 6.54 Å². The van der Waals surface area contributed by atoms with Crippen LogP contribution in [0.3, 0.4) is 0 Å². The first-order chi connectivity index (χ1) is 7.66. The highest BCUT2D eigenvalue weighted by molar-refractivity contribution is 14.0. The molecule has 1 heterocycles. The Labute approximate surface area is 126 Å². The number of hydrogen-bond acceptors (Lipinski definition) is 3. The van der Waals surface area contributed by atoms with Gasteiger partial charge >= 0.3 is 0 Å².